The number of anilines is 1. The van der Waals surface area contributed by atoms with Gasteiger partial charge in [0.2, 0.25) is 5.82 Å². The third-order valence-electron chi connectivity index (χ3n) is 3.02. The van der Waals surface area contributed by atoms with E-state index < -0.39 is 0 Å². The summed E-state index contributed by atoms with van der Waals surface area (Å²) < 4.78 is 5.06. The second-order valence-corrected chi connectivity index (χ2v) is 4.62. The van der Waals surface area contributed by atoms with Gasteiger partial charge in [-0.2, -0.15) is 5.21 Å². The highest BCUT2D eigenvalue weighted by molar-refractivity contribution is 5.55. The Morgan fingerprint density at radius 3 is 3.00 bits per heavy atom. The fourth-order valence-electron chi connectivity index (χ4n) is 2.02. The van der Waals surface area contributed by atoms with Crippen molar-refractivity contribution in [3.8, 4) is 11.4 Å². The van der Waals surface area contributed by atoms with E-state index >= 15 is 0 Å². The Balaban J connectivity index is 1.69. The molecule has 0 spiro atoms. The van der Waals surface area contributed by atoms with Gasteiger partial charge in [-0.1, -0.05) is 18.2 Å². The molecule has 0 bridgehead atoms. The van der Waals surface area contributed by atoms with E-state index in [0.717, 1.165) is 22.6 Å². The van der Waals surface area contributed by atoms with Crippen LogP contribution in [-0.2, 0) is 17.9 Å². The van der Waals surface area contributed by atoms with E-state index in [-0.39, 0.29) is 0 Å². The summed E-state index contributed by atoms with van der Waals surface area (Å²) in [6, 6.07) is 9.80. The summed E-state index contributed by atoms with van der Waals surface area (Å²) in [5.41, 5.74) is 2.84. The number of aromatic amines is 1. The van der Waals surface area contributed by atoms with Crippen LogP contribution in [0.2, 0.25) is 0 Å². The molecule has 2 N–H and O–H groups in total. The molecule has 0 aliphatic rings. The van der Waals surface area contributed by atoms with E-state index in [1.54, 1.807) is 7.11 Å². The Hall–Kier alpha value is -2.87. The molecule has 3 rings (SSSR count). The normalized spacial score (nSPS) is 10.6. The van der Waals surface area contributed by atoms with Crippen molar-refractivity contribution in [2.24, 2.45) is 0 Å². The number of aromatic nitrogens is 6. The molecule has 2 heterocycles. The fourth-order valence-corrected chi connectivity index (χ4v) is 2.02. The molecular weight excluding hydrogens is 282 g/mol. The Labute approximate surface area is 127 Å². The first kappa shape index (κ1) is 14.1. The second-order valence-electron chi connectivity index (χ2n) is 4.62. The van der Waals surface area contributed by atoms with E-state index in [0.29, 0.717) is 19.0 Å². The lowest BCUT2D eigenvalue weighted by atomic mass is 10.1. The van der Waals surface area contributed by atoms with Gasteiger partial charge < -0.3 is 10.1 Å². The van der Waals surface area contributed by atoms with Crippen LogP contribution in [0.1, 0.15) is 11.3 Å². The molecule has 1 aromatic carbocycles. The zero-order valence-electron chi connectivity index (χ0n) is 12.0. The summed E-state index contributed by atoms with van der Waals surface area (Å²) in [4.78, 5) is 8.32. The van der Waals surface area contributed by atoms with Crippen molar-refractivity contribution in [2.75, 3.05) is 12.4 Å². The molecule has 0 radical (unpaired) electrons. The molecule has 3 aromatic rings. The van der Waals surface area contributed by atoms with Crippen LogP contribution in [0.25, 0.3) is 11.4 Å². The lowest BCUT2D eigenvalue weighted by molar-refractivity contribution is 0.181. The summed E-state index contributed by atoms with van der Waals surface area (Å²) in [5, 5.41) is 17.2. The number of rotatable bonds is 6. The molecule has 0 fully saturated rings. The molecule has 8 heteroatoms. The van der Waals surface area contributed by atoms with Crippen molar-refractivity contribution in [3.05, 3.63) is 47.9 Å². The second kappa shape index (κ2) is 6.72. The van der Waals surface area contributed by atoms with Gasteiger partial charge in [-0.3, -0.25) is 0 Å². The average molecular weight is 297 g/mol. The molecule has 0 saturated heterocycles. The fraction of sp³-hybridized carbons (Fsp3) is 0.214. The molecule has 2 aromatic heterocycles. The van der Waals surface area contributed by atoms with E-state index in [1.165, 1.54) is 6.33 Å². The molecule has 22 heavy (non-hydrogen) atoms. The standard InChI is InChI=1S/C14H15N7O/c1-22-8-12-6-13(17-9-16-12)15-7-10-3-2-4-11(5-10)14-18-20-21-19-14/h2-6,9H,7-8H2,1H3,(H,15,16,17)(H,18,19,20,21). The predicted octanol–water partition coefficient (Wildman–Crippen LogP) is 1.42. The maximum atomic E-state index is 5.06. The maximum absolute atomic E-state index is 5.06. The summed E-state index contributed by atoms with van der Waals surface area (Å²) in [6.07, 6.45) is 1.52. The van der Waals surface area contributed by atoms with Gasteiger partial charge in [0.15, 0.2) is 0 Å². The minimum Gasteiger partial charge on any atom is -0.378 e. The minimum absolute atomic E-state index is 0.463. The molecule has 0 amide bonds. The summed E-state index contributed by atoms with van der Waals surface area (Å²) in [7, 11) is 1.64. The van der Waals surface area contributed by atoms with Crippen molar-refractivity contribution < 1.29 is 4.74 Å². The third-order valence-corrected chi connectivity index (χ3v) is 3.02. The van der Waals surface area contributed by atoms with E-state index in [9.17, 15) is 0 Å². The number of tetrazole rings is 1. The van der Waals surface area contributed by atoms with Gasteiger partial charge in [0, 0.05) is 25.3 Å². The van der Waals surface area contributed by atoms with Crippen molar-refractivity contribution in [1.29, 1.82) is 0 Å². The molecule has 0 aliphatic carbocycles. The molecule has 0 atom stereocenters. The van der Waals surface area contributed by atoms with Crippen LogP contribution in [0, 0.1) is 0 Å². The van der Waals surface area contributed by atoms with Crippen LogP contribution in [0.4, 0.5) is 5.82 Å². The van der Waals surface area contributed by atoms with Gasteiger partial charge in [-0.05, 0) is 16.8 Å². The topological polar surface area (TPSA) is 102 Å². The maximum Gasteiger partial charge on any atom is 0.204 e. The highest BCUT2D eigenvalue weighted by Gasteiger charge is 2.04. The lowest BCUT2D eigenvalue weighted by Gasteiger charge is -2.07. The summed E-state index contributed by atoms with van der Waals surface area (Å²) in [5.74, 6) is 1.33. The third kappa shape index (κ3) is 3.41. The largest absolute Gasteiger partial charge is 0.378 e. The number of nitrogens with zero attached hydrogens (tertiary/aromatic N) is 5. The van der Waals surface area contributed by atoms with Gasteiger partial charge in [-0.25, -0.2) is 9.97 Å². The van der Waals surface area contributed by atoms with Crippen molar-refractivity contribution in [3.63, 3.8) is 0 Å². The van der Waals surface area contributed by atoms with Gasteiger partial charge >= 0.3 is 0 Å². The summed E-state index contributed by atoms with van der Waals surface area (Å²) in [6.45, 7) is 1.10. The molecule has 0 saturated carbocycles. The smallest absolute Gasteiger partial charge is 0.204 e. The van der Waals surface area contributed by atoms with Gasteiger partial charge in [0.1, 0.15) is 12.1 Å². The van der Waals surface area contributed by atoms with Crippen LogP contribution in [0.5, 0.6) is 0 Å². The first-order valence-corrected chi connectivity index (χ1v) is 6.71. The number of methoxy groups -OCH3 is 1. The summed E-state index contributed by atoms with van der Waals surface area (Å²) >= 11 is 0. The van der Waals surface area contributed by atoms with Crippen LogP contribution < -0.4 is 5.32 Å². The molecule has 0 unspecified atom stereocenters. The average Bonchev–Trinajstić information content (AvgIpc) is 3.09. The van der Waals surface area contributed by atoms with Gasteiger partial charge in [0.05, 0.1) is 12.3 Å². The zero-order valence-corrected chi connectivity index (χ0v) is 12.0. The lowest BCUT2D eigenvalue weighted by Crippen LogP contribution is -2.03. The van der Waals surface area contributed by atoms with Crippen LogP contribution in [0.3, 0.4) is 0 Å². The van der Waals surface area contributed by atoms with Crippen LogP contribution >= 0.6 is 0 Å². The van der Waals surface area contributed by atoms with Crippen LogP contribution in [0.15, 0.2) is 36.7 Å². The number of hydrogen-bond donors (Lipinski definition) is 2. The SMILES string of the molecule is COCc1cc(NCc2cccc(-c3nn[nH]n3)c2)ncn1. The quantitative estimate of drug-likeness (QED) is 0.709. The first-order chi connectivity index (χ1) is 10.8. The van der Waals surface area contributed by atoms with Gasteiger partial charge in [-0.15, -0.1) is 10.2 Å². The predicted molar refractivity (Wildman–Crippen MR) is 79.7 cm³/mol. The van der Waals surface area contributed by atoms with Crippen molar-refractivity contribution in [1.82, 2.24) is 30.6 Å². The highest BCUT2D eigenvalue weighted by atomic mass is 16.5. The monoisotopic (exact) mass is 297 g/mol. The number of nitrogens with one attached hydrogen (secondary N) is 2. The number of hydrogen-bond acceptors (Lipinski definition) is 7. The van der Waals surface area contributed by atoms with E-state index in [4.69, 9.17) is 4.74 Å². The molecule has 112 valence electrons. The number of H-pyrrole nitrogens is 1. The molecular formula is C14H15N7O. The van der Waals surface area contributed by atoms with E-state index in [1.807, 2.05) is 30.3 Å². The van der Waals surface area contributed by atoms with Crippen molar-refractivity contribution >= 4 is 5.82 Å². The Morgan fingerprint density at radius 1 is 1.23 bits per heavy atom. The Bertz CT molecular complexity index is 730. The zero-order chi connectivity index (χ0) is 15.2. The van der Waals surface area contributed by atoms with E-state index in [2.05, 4.69) is 35.9 Å². The Kier molecular flexibility index (Phi) is 4.30. The Morgan fingerprint density at radius 2 is 2.18 bits per heavy atom. The van der Waals surface area contributed by atoms with Gasteiger partial charge in [0.25, 0.3) is 0 Å². The number of benzene rings is 1. The van der Waals surface area contributed by atoms with Crippen molar-refractivity contribution in [2.45, 2.75) is 13.2 Å². The highest BCUT2D eigenvalue weighted by Crippen LogP contribution is 2.16. The number of ether oxygens (including phenoxy) is 1. The van der Waals surface area contributed by atoms with Crippen LogP contribution in [-0.4, -0.2) is 37.7 Å². The first-order valence-electron chi connectivity index (χ1n) is 6.71. The molecule has 8 nitrogen and oxygen atoms in total. The minimum atomic E-state index is 0.463. The molecule has 0 aliphatic heterocycles.